The van der Waals surface area contributed by atoms with Crippen LogP contribution >= 0.6 is 11.6 Å². The van der Waals surface area contributed by atoms with E-state index >= 15 is 0 Å². The van der Waals surface area contributed by atoms with Crippen molar-refractivity contribution in [1.82, 2.24) is 14.1 Å². The summed E-state index contributed by atoms with van der Waals surface area (Å²) in [6.07, 6.45) is 1.61. The highest BCUT2D eigenvalue weighted by Gasteiger charge is 2.16. The quantitative estimate of drug-likeness (QED) is 0.730. The molecule has 0 fully saturated rings. The molecule has 2 aromatic heterocycles. The molecular weight excluding hydrogens is 344 g/mol. The maximum Gasteiger partial charge on any atom is 0.330 e. The van der Waals surface area contributed by atoms with Gasteiger partial charge in [-0.2, -0.15) is 0 Å². The number of hydrogen-bond donors (Lipinski definition) is 1. The van der Waals surface area contributed by atoms with Crippen molar-refractivity contribution in [3.8, 4) is 0 Å². The molecule has 1 amide bonds. The lowest BCUT2D eigenvalue weighted by atomic mass is 10.3. The second-order valence-electron chi connectivity index (χ2n) is 5.39. The third-order valence-corrected chi connectivity index (χ3v) is 4.07. The molecule has 0 aliphatic carbocycles. The Morgan fingerprint density at radius 3 is 2.80 bits per heavy atom. The van der Waals surface area contributed by atoms with E-state index in [1.165, 1.54) is 9.13 Å². The van der Waals surface area contributed by atoms with Crippen LogP contribution in [0.1, 0.15) is 0 Å². The zero-order chi connectivity index (χ0) is 17.8. The molecule has 0 saturated heterocycles. The fourth-order valence-electron chi connectivity index (χ4n) is 2.58. The van der Waals surface area contributed by atoms with Crippen LogP contribution in [0.25, 0.3) is 11.2 Å². The molecule has 3 rings (SSSR count). The summed E-state index contributed by atoms with van der Waals surface area (Å²) in [5.41, 5.74) is 1.32. The highest BCUT2D eigenvalue weighted by atomic mass is 35.5. The Morgan fingerprint density at radius 1 is 1.24 bits per heavy atom. The monoisotopic (exact) mass is 360 g/mol. The summed E-state index contributed by atoms with van der Waals surface area (Å²) in [5.74, 6) is -0.343. The molecular formula is C17H17ClN4O3. The fourth-order valence-corrected chi connectivity index (χ4v) is 2.76. The summed E-state index contributed by atoms with van der Waals surface area (Å²) in [7, 11) is 1.56. The van der Waals surface area contributed by atoms with Gasteiger partial charge in [0.1, 0.15) is 6.54 Å². The van der Waals surface area contributed by atoms with E-state index in [0.29, 0.717) is 35.0 Å². The number of benzene rings is 1. The number of methoxy groups -OCH3 is 1. The normalized spacial score (nSPS) is 11.0. The van der Waals surface area contributed by atoms with Gasteiger partial charge in [0, 0.05) is 13.3 Å². The standard InChI is InChI=1S/C17H17ClN4O3/c1-25-10-9-21-16-14(7-4-8-19-16)22(17(21)24)11-15(23)20-13-6-3-2-5-12(13)18/h2-8H,9-11H2,1H3,(H,20,23). The highest BCUT2D eigenvalue weighted by molar-refractivity contribution is 6.33. The van der Waals surface area contributed by atoms with Gasteiger partial charge >= 0.3 is 5.69 Å². The Morgan fingerprint density at radius 2 is 2.04 bits per heavy atom. The predicted molar refractivity (Wildman–Crippen MR) is 96.0 cm³/mol. The van der Waals surface area contributed by atoms with Gasteiger partial charge in [0.2, 0.25) is 5.91 Å². The lowest BCUT2D eigenvalue weighted by molar-refractivity contribution is -0.116. The molecule has 2 heterocycles. The number of nitrogens with one attached hydrogen (secondary N) is 1. The average molecular weight is 361 g/mol. The second-order valence-corrected chi connectivity index (χ2v) is 5.79. The number of amides is 1. The molecule has 0 aliphatic rings. The molecule has 3 aromatic rings. The number of para-hydroxylation sites is 1. The van der Waals surface area contributed by atoms with Crippen LogP contribution in [0.15, 0.2) is 47.4 Å². The summed E-state index contributed by atoms with van der Waals surface area (Å²) in [6, 6.07) is 10.4. The Balaban J connectivity index is 1.91. The van der Waals surface area contributed by atoms with E-state index in [1.54, 1.807) is 49.7 Å². The molecule has 0 aliphatic heterocycles. The minimum absolute atomic E-state index is 0.133. The van der Waals surface area contributed by atoms with Gasteiger partial charge in [-0.1, -0.05) is 23.7 Å². The van der Waals surface area contributed by atoms with E-state index in [9.17, 15) is 9.59 Å². The van der Waals surface area contributed by atoms with Gasteiger partial charge in [-0.3, -0.25) is 13.9 Å². The van der Waals surface area contributed by atoms with Crippen LogP contribution in [-0.4, -0.2) is 33.7 Å². The fraction of sp³-hybridized carbons (Fsp3) is 0.235. The number of aromatic nitrogens is 3. The van der Waals surface area contributed by atoms with Crippen molar-refractivity contribution in [1.29, 1.82) is 0 Å². The summed E-state index contributed by atoms with van der Waals surface area (Å²) >= 11 is 6.05. The first-order valence-corrected chi connectivity index (χ1v) is 8.07. The summed E-state index contributed by atoms with van der Waals surface area (Å²) < 4.78 is 7.94. The van der Waals surface area contributed by atoms with Crippen LogP contribution in [0, 0.1) is 0 Å². The predicted octanol–water partition coefficient (Wildman–Crippen LogP) is 2.14. The first-order chi connectivity index (χ1) is 12.1. The van der Waals surface area contributed by atoms with Crippen molar-refractivity contribution in [2.75, 3.05) is 19.0 Å². The van der Waals surface area contributed by atoms with Crippen LogP contribution in [-0.2, 0) is 22.6 Å². The zero-order valence-electron chi connectivity index (χ0n) is 13.6. The number of imidazole rings is 1. The first-order valence-electron chi connectivity index (χ1n) is 7.69. The lowest BCUT2D eigenvalue weighted by Gasteiger charge is -2.07. The molecule has 8 heteroatoms. The van der Waals surface area contributed by atoms with Gasteiger partial charge in [-0.15, -0.1) is 0 Å². The van der Waals surface area contributed by atoms with E-state index in [-0.39, 0.29) is 18.1 Å². The Labute approximate surface area is 148 Å². The molecule has 130 valence electrons. The number of fused-ring (bicyclic) bond motifs is 1. The second kappa shape index (κ2) is 7.50. The number of carbonyl (C=O) groups is 1. The maximum absolute atomic E-state index is 12.7. The average Bonchev–Trinajstić information content (AvgIpc) is 2.87. The first kappa shape index (κ1) is 17.2. The summed E-state index contributed by atoms with van der Waals surface area (Å²) in [6.45, 7) is 0.607. The Bertz CT molecular complexity index is 964. The molecule has 0 atom stereocenters. The molecule has 0 saturated carbocycles. The van der Waals surface area contributed by atoms with Crippen LogP contribution in [0.4, 0.5) is 5.69 Å². The molecule has 1 aromatic carbocycles. The molecule has 0 unspecified atom stereocenters. The number of hydrogen-bond acceptors (Lipinski definition) is 4. The Hall–Kier alpha value is -2.64. The van der Waals surface area contributed by atoms with Crippen LogP contribution < -0.4 is 11.0 Å². The number of carbonyl (C=O) groups excluding carboxylic acids is 1. The number of nitrogens with zero attached hydrogens (tertiary/aromatic N) is 3. The number of anilines is 1. The van der Waals surface area contributed by atoms with Crippen molar-refractivity contribution in [3.63, 3.8) is 0 Å². The number of halogens is 1. The zero-order valence-corrected chi connectivity index (χ0v) is 14.4. The molecule has 0 radical (unpaired) electrons. The molecule has 25 heavy (non-hydrogen) atoms. The number of rotatable bonds is 6. The van der Waals surface area contributed by atoms with Crippen molar-refractivity contribution in [3.05, 3.63) is 58.1 Å². The van der Waals surface area contributed by atoms with E-state index in [4.69, 9.17) is 16.3 Å². The van der Waals surface area contributed by atoms with Gasteiger partial charge < -0.3 is 10.1 Å². The van der Waals surface area contributed by atoms with Crippen LogP contribution in [0.5, 0.6) is 0 Å². The SMILES string of the molecule is COCCn1c(=O)n(CC(=O)Nc2ccccc2Cl)c2cccnc21. The molecule has 7 nitrogen and oxygen atoms in total. The summed E-state index contributed by atoms with van der Waals surface area (Å²) in [5, 5.41) is 3.16. The van der Waals surface area contributed by atoms with Crippen molar-refractivity contribution >= 4 is 34.4 Å². The van der Waals surface area contributed by atoms with Gasteiger partial charge in [0.05, 0.1) is 29.4 Å². The van der Waals surface area contributed by atoms with E-state index in [1.807, 2.05) is 0 Å². The van der Waals surface area contributed by atoms with Gasteiger partial charge in [0.25, 0.3) is 0 Å². The smallest absolute Gasteiger partial charge is 0.330 e. The van der Waals surface area contributed by atoms with E-state index < -0.39 is 0 Å². The number of pyridine rings is 1. The van der Waals surface area contributed by atoms with Crippen LogP contribution in [0.3, 0.4) is 0 Å². The van der Waals surface area contributed by atoms with Gasteiger partial charge in [-0.05, 0) is 24.3 Å². The van der Waals surface area contributed by atoms with Gasteiger partial charge in [0.15, 0.2) is 5.65 Å². The third kappa shape index (κ3) is 3.57. The van der Waals surface area contributed by atoms with Crippen molar-refractivity contribution < 1.29 is 9.53 Å². The minimum atomic E-state index is -0.343. The maximum atomic E-state index is 12.7. The molecule has 1 N–H and O–H groups in total. The highest BCUT2D eigenvalue weighted by Crippen LogP contribution is 2.20. The molecule has 0 spiro atoms. The summed E-state index contributed by atoms with van der Waals surface area (Å²) in [4.78, 5) is 29.3. The third-order valence-electron chi connectivity index (χ3n) is 3.74. The number of ether oxygens (including phenoxy) is 1. The van der Waals surface area contributed by atoms with Crippen LogP contribution in [0.2, 0.25) is 5.02 Å². The van der Waals surface area contributed by atoms with Crippen molar-refractivity contribution in [2.45, 2.75) is 13.1 Å². The van der Waals surface area contributed by atoms with Gasteiger partial charge in [-0.25, -0.2) is 9.78 Å². The largest absolute Gasteiger partial charge is 0.383 e. The van der Waals surface area contributed by atoms with E-state index in [2.05, 4.69) is 10.3 Å². The minimum Gasteiger partial charge on any atom is -0.383 e. The lowest BCUT2D eigenvalue weighted by Crippen LogP contribution is -2.30. The Kier molecular flexibility index (Phi) is 5.16. The van der Waals surface area contributed by atoms with Crippen molar-refractivity contribution in [2.24, 2.45) is 0 Å². The topological polar surface area (TPSA) is 78.1 Å². The van der Waals surface area contributed by atoms with E-state index in [0.717, 1.165) is 0 Å². The molecule has 0 bridgehead atoms.